The van der Waals surface area contributed by atoms with Crippen molar-refractivity contribution in [2.45, 2.75) is 43.7 Å². The Labute approximate surface area is 261 Å². The molecule has 4 amide bonds. The summed E-state index contributed by atoms with van der Waals surface area (Å²) in [7, 11) is 0. The van der Waals surface area contributed by atoms with Crippen molar-refractivity contribution < 1.29 is 43.3 Å². The summed E-state index contributed by atoms with van der Waals surface area (Å²) in [5.41, 5.74) is 0.162. The number of ether oxygens (including phenoxy) is 3. The van der Waals surface area contributed by atoms with Crippen LogP contribution in [0.25, 0.3) is 0 Å². The first kappa shape index (κ1) is 33.1. The Bertz CT molecular complexity index is 1240. The van der Waals surface area contributed by atoms with Crippen LogP contribution in [0.4, 0.5) is 9.59 Å². The number of amides is 4. The number of likely N-dealkylation sites (tertiary alicyclic amines) is 1. The van der Waals surface area contributed by atoms with E-state index in [9.17, 15) is 29.1 Å². The van der Waals surface area contributed by atoms with Crippen molar-refractivity contribution in [1.82, 2.24) is 19.6 Å². The number of carbonyl (C=O) groups excluding carboxylic acids is 5. The molecule has 13 nitrogen and oxygen atoms in total. The molecule has 4 aliphatic rings. The van der Waals surface area contributed by atoms with Gasteiger partial charge in [0.05, 0.1) is 24.1 Å². The maximum absolute atomic E-state index is 13.2. The fourth-order valence-corrected chi connectivity index (χ4v) is 7.71. The van der Waals surface area contributed by atoms with Crippen LogP contribution in [0, 0.1) is 11.8 Å². The Balaban J connectivity index is 1.52. The van der Waals surface area contributed by atoms with Crippen molar-refractivity contribution in [3.05, 3.63) is 48.6 Å². The van der Waals surface area contributed by atoms with Crippen LogP contribution >= 0.6 is 11.8 Å². The summed E-state index contributed by atoms with van der Waals surface area (Å²) in [6.45, 7) is 15.1. The Morgan fingerprint density at radius 2 is 1.66 bits per heavy atom. The summed E-state index contributed by atoms with van der Waals surface area (Å²) in [4.78, 5) is 71.1. The third-order valence-electron chi connectivity index (χ3n) is 8.20. The molecule has 3 fully saturated rings. The number of β-lactam (4-membered cyclic amide) rings is 1. The first-order valence-corrected chi connectivity index (χ1v) is 15.5. The van der Waals surface area contributed by atoms with Gasteiger partial charge in [-0.05, 0) is 13.3 Å². The van der Waals surface area contributed by atoms with E-state index in [0.29, 0.717) is 11.3 Å². The molecule has 6 atom stereocenters. The monoisotopic (exact) mass is 632 g/mol. The normalized spacial score (nSPS) is 27.0. The molecule has 240 valence electrons. The molecule has 0 aliphatic carbocycles. The van der Waals surface area contributed by atoms with Crippen LogP contribution in [-0.4, -0.2) is 131 Å². The molecule has 1 N–H and O–H groups in total. The number of nitrogens with zero attached hydrogens (tertiary/aromatic N) is 4. The zero-order chi connectivity index (χ0) is 32.1. The molecule has 4 rings (SSSR count). The number of hydrogen-bond donors (Lipinski definition) is 1. The summed E-state index contributed by atoms with van der Waals surface area (Å²) in [6.07, 6.45) is 2.82. The summed E-state index contributed by atoms with van der Waals surface area (Å²) >= 11 is 1.41. The maximum atomic E-state index is 13.2. The van der Waals surface area contributed by atoms with Gasteiger partial charge in [-0.2, -0.15) is 0 Å². The molecule has 4 aliphatic heterocycles. The summed E-state index contributed by atoms with van der Waals surface area (Å²) < 4.78 is 15.7. The average molecular weight is 633 g/mol. The second-order valence-electron chi connectivity index (χ2n) is 11.1. The fraction of sp³-hybridized carbons (Fsp3) is 0.567. The molecule has 0 radical (unpaired) electrons. The van der Waals surface area contributed by atoms with Gasteiger partial charge in [0, 0.05) is 42.3 Å². The molecule has 0 bridgehead atoms. The van der Waals surface area contributed by atoms with Gasteiger partial charge in [0.1, 0.15) is 32.1 Å². The number of esters is 1. The van der Waals surface area contributed by atoms with Crippen molar-refractivity contribution >= 4 is 41.7 Å². The third kappa shape index (κ3) is 6.65. The average Bonchev–Trinajstić information content (AvgIpc) is 3.50. The van der Waals surface area contributed by atoms with E-state index in [1.165, 1.54) is 39.8 Å². The Morgan fingerprint density at radius 1 is 1.02 bits per heavy atom. The van der Waals surface area contributed by atoms with E-state index < -0.39 is 36.2 Å². The highest BCUT2D eigenvalue weighted by Gasteiger charge is 2.60. The van der Waals surface area contributed by atoms with Crippen molar-refractivity contribution in [1.29, 1.82) is 0 Å². The summed E-state index contributed by atoms with van der Waals surface area (Å²) in [5, 5.41) is 10.1. The molecule has 4 heterocycles. The molecule has 0 aromatic carbocycles. The van der Waals surface area contributed by atoms with Crippen molar-refractivity contribution in [2.75, 3.05) is 52.5 Å². The number of hydrogen-bond acceptors (Lipinski definition) is 10. The van der Waals surface area contributed by atoms with Crippen molar-refractivity contribution in [3.63, 3.8) is 0 Å². The van der Waals surface area contributed by atoms with Crippen LogP contribution in [0.5, 0.6) is 0 Å². The lowest BCUT2D eigenvalue weighted by molar-refractivity contribution is -0.164. The minimum atomic E-state index is -0.881. The molecule has 0 spiro atoms. The highest BCUT2D eigenvalue weighted by atomic mass is 32.2. The minimum absolute atomic E-state index is 0.0191. The van der Waals surface area contributed by atoms with Crippen LogP contribution in [0.15, 0.2) is 48.6 Å². The van der Waals surface area contributed by atoms with Crippen LogP contribution < -0.4 is 0 Å². The number of aliphatic hydroxyl groups is 1. The van der Waals surface area contributed by atoms with E-state index in [1.54, 1.807) is 16.7 Å². The number of piperazine rings is 1. The lowest BCUT2D eigenvalue weighted by Crippen LogP contribution is -2.63. The number of aliphatic hydroxyl groups excluding tert-OH is 1. The Kier molecular flexibility index (Phi) is 10.8. The second kappa shape index (κ2) is 14.3. The highest BCUT2D eigenvalue weighted by Crippen LogP contribution is 2.52. The number of thioether (sulfide) groups is 1. The second-order valence-corrected chi connectivity index (χ2v) is 12.5. The number of fused-ring (bicyclic) bond motifs is 1. The topological polar surface area (TPSA) is 146 Å². The van der Waals surface area contributed by atoms with Gasteiger partial charge in [-0.3, -0.25) is 14.5 Å². The molecule has 0 saturated carbocycles. The van der Waals surface area contributed by atoms with Gasteiger partial charge in [-0.1, -0.05) is 44.9 Å². The quantitative estimate of drug-likeness (QED) is 0.146. The predicted octanol–water partition coefficient (Wildman–Crippen LogP) is 1.75. The van der Waals surface area contributed by atoms with Crippen LogP contribution in [0.2, 0.25) is 0 Å². The summed E-state index contributed by atoms with van der Waals surface area (Å²) in [6, 6.07) is -0.778. The van der Waals surface area contributed by atoms with Crippen LogP contribution in [0.1, 0.15) is 20.3 Å². The fourth-order valence-electron chi connectivity index (χ4n) is 6.15. The van der Waals surface area contributed by atoms with E-state index >= 15 is 0 Å². The Hall–Kier alpha value is -3.78. The van der Waals surface area contributed by atoms with Gasteiger partial charge in [0.25, 0.3) is 0 Å². The molecule has 44 heavy (non-hydrogen) atoms. The lowest BCUT2D eigenvalue weighted by Gasteiger charge is -2.46. The molecular formula is C30H40N4O9S. The smallest absolute Gasteiger partial charge is 0.410 e. The van der Waals surface area contributed by atoms with E-state index in [4.69, 9.17) is 14.2 Å². The van der Waals surface area contributed by atoms with E-state index in [2.05, 4.69) is 19.7 Å². The SMILES string of the molecule is C=CCOC(=O)C1=C(S[C@H]2C[C@@H](CN3CCN(C(=O)OCC=C)CC3=O)N(C(=O)OCC=C)C2)[C@H](C)[C@@H]2[C@@H]([C@@H](C)O)C(=O)N12. The minimum Gasteiger partial charge on any atom is -0.457 e. The van der Waals surface area contributed by atoms with Gasteiger partial charge in [-0.25, -0.2) is 14.4 Å². The maximum Gasteiger partial charge on any atom is 0.410 e. The van der Waals surface area contributed by atoms with Crippen molar-refractivity contribution in [3.8, 4) is 0 Å². The lowest BCUT2D eigenvalue weighted by atomic mass is 9.79. The molecule has 14 heteroatoms. The third-order valence-corrected chi connectivity index (χ3v) is 9.69. The van der Waals surface area contributed by atoms with E-state index in [-0.39, 0.29) is 87.3 Å². The number of rotatable bonds is 12. The standard InChI is InChI=1S/C30H40N4O9S/c1-6-11-41-28(38)25-26(18(4)24-23(19(5)35)27(37)34(24)25)44-21-14-20(33(16-21)30(40)43-13-8-3)15-31-9-10-32(17-22(31)36)29(39)42-12-7-2/h6-8,18-21,23-24,35H,1-3,9-17H2,4-5H3/t18-,19-,20+,21+,23-,24-/m1/s1. The highest BCUT2D eigenvalue weighted by molar-refractivity contribution is 8.03. The molecule has 3 saturated heterocycles. The largest absolute Gasteiger partial charge is 0.457 e. The molecular weight excluding hydrogens is 592 g/mol. The Morgan fingerprint density at radius 3 is 2.27 bits per heavy atom. The first-order chi connectivity index (χ1) is 21.0. The number of carbonyl (C=O) groups is 5. The van der Waals surface area contributed by atoms with Crippen LogP contribution in [-0.2, 0) is 28.6 Å². The van der Waals surface area contributed by atoms with Gasteiger partial charge in [-0.15, -0.1) is 11.8 Å². The molecule has 0 unspecified atom stereocenters. The van der Waals surface area contributed by atoms with Gasteiger partial charge < -0.3 is 34.0 Å². The van der Waals surface area contributed by atoms with Gasteiger partial charge in [0.2, 0.25) is 11.8 Å². The zero-order valence-electron chi connectivity index (χ0n) is 25.1. The van der Waals surface area contributed by atoms with Crippen LogP contribution in [0.3, 0.4) is 0 Å². The summed E-state index contributed by atoms with van der Waals surface area (Å²) in [5.74, 6) is -2.13. The first-order valence-electron chi connectivity index (χ1n) is 14.6. The van der Waals surface area contributed by atoms with E-state index in [0.717, 1.165) is 0 Å². The van der Waals surface area contributed by atoms with Gasteiger partial charge >= 0.3 is 18.2 Å². The predicted molar refractivity (Wildman–Crippen MR) is 161 cm³/mol. The molecule has 0 aromatic rings. The van der Waals surface area contributed by atoms with E-state index in [1.807, 2.05) is 6.92 Å². The van der Waals surface area contributed by atoms with Gasteiger partial charge in [0.15, 0.2) is 0 Å². The zero-order valence-corrected chi connectivity index (χ0v) is 25.9. The molecule has 0 aromatic heterocycles. The van der Waals surface area contributed by atoms with Crippen molar-refractivity contribution in [2.24, 2.45) is 11.8 Å².